The maximum Gasteiger partial charge on any atom is 0.266 e. The highest BCUT2D eigenvalue weighted by molar-refractivity contribution is 5.79. The molecule has 10 nitrogen and oxygen atoms in total. The van der Waals surface area contributed by atoms with Crippen molar-refractivity contribution in [1.29, 1.82) is 0 Å². The van der Waals surface area contributed by atoms with Gasteiger partial charge in [0.25, 0.3) is 11.4 Å². The molecule has 10 heteroatoms. The number of nitrogens with one attached hydrogen (secondary N) is 1. The summed E-state index contributed by atoms with van der Waals surface area (Å²) < 4.78 is 8.36. The smallest absolute Gasteiger partial charge is 0.266 e. The minimum absolute atomic E-state index is 0.121. The van der Waals surface area contributed by atoms with E-state index in [1.54, 1.807) is 6.92 Å². The SMILES string of the molecule is Cc1ccc2cnn(CCCNC(=O)CCn3cncc(-c4nc(C)no4)c3=O)c2c1. The molecule has 0 atom stereocenters. The Kier molecular flexibility index (Phi) is 5.87. The van der Waals surface area contributed by atoms with Crippen LogP contribution in [0.15, 0.2) is 46.2 Å². The van der Waals surface area contributed by atoms with Crippen LogP contribution in [0.5, 0.6) is 0 Å². The van der Waals surface area contributed by atoms with E-state index in [0.717, 1.165) is 17.3 Å². The van der Waals surface area contributed by atoms with Gasteiger partial charge in [-0.05, 0) is 31.9 Å². The van der Waals surface area contributed by atoms with Gasteiger partial charge in [0.05, 0.1) is 18.0 Å². The van der Waals surface area contributed by atoms with E-state index < -0.39 is 0 Å². The molecule has 0 spiro atoms. The molecule has 4 rings (SSSR count). The zero-order valence-electron chi connectivity index (χ0n) is 17.4. The molecule has 3 aromatic heterocycles. The number of benzene rings is 1. The van der Waals surface area contributed by atoms with Crippen molar-refractivity contribution in [2.45, 2.75) is 39.8 Å². The minimum atomic E-state index is -0.327. The van der Waals surface area contributed by atoms with Crippen molar-refractivity contribution in [2.24, 2.45) is 0 Å². The first kappa shape index (κ1) is 20.5. The van der Waals surface area contributed by atoms with Crippen molar-refractivity contribution >= 4 is 16.8 Å². The molecule has 0 radical (unpaired) electrons. The maximum atomic E-state index is 12.6. The molecule has 0 aliphatic heterocycles. The molecule has 0 aliphatic carbocycles. The van der Waals surface area contributed by atoms with Gasteiger partial charge in [-0.1, -0.05) is 17.3 Å². The topological polar surface area (TPSA) is 121 Å². The van der Waals surface area contributed by atoms with Crippen molar-refractivity contribution in [1.82, 2.24) is 34.8 Å². The molecule has 0 unspecified atom stereocenters. The zero-order valence-corrected chi connectivity index (χ0v) is 17.4. The third-order valence-electron chi connectivity index (χ3n) is 4.91. The predicted molar refractivity (Wildman–Crippen MR) is 113 cm³/mol. The van der Waals surface area contributed by atoms with Gasteiger partial charge in [0.1, 0.15) is 5.56 Å². The molecular formula is C21H23N7O3. The van der Waals surface area contributed by atoms with E-state index in [1.807, 2.05) is 10.9 Å². The molecule has 0 bridgehead atoms. The third kappa shape index (κ3) is 4.68. The van der Waals surface area contributed by atoms with E-state index in [-0.39, 0.29) is 35.9 Å². The third-order valence-corrected chi connectivity index (χ3v) is 4.91. The van der Waals surface area contributed by atoms with Crippen LogP contribution in [0.4, 0.5) is 0 Å². The second-order valence-electron chi connectivity index (χ2n) is 7.34. The van der Waals surface area contributed by atoms with Crippen LogP contribution in [0.25, 0.3) is 22.4 Å². The van der Waals surface area contributed by atoms with E-state index in [4.69, 9.17) is 4.52 Å². The number of hydrogen-bond acceptors (Lipinski definition) is 7. The highest BCUT2D eigenvalue weighted by Crippen LogP contribution is 2.15. The Bertz CT molecular complexity index is 1270. The number of carbonyl (C=O) groups excluding carboxylic acids is 1. The lowest BCUT2D eigenvalue weighted by Crippen LogP contribution is -2.29. The Morgan fingerprint density at radius 3 is 2.87 bits per heavy atom. The summed E-state index contributed by atoms with van der Waals surface area (Å²) in [5.74, 6) is 0.421. The first-order valence-corrected chi connectivity index (χ1v) is 10.1. The summed E-state index contributed by atoms with van der Waals surface area (Å²) in [4.78, 5) is 32.9. The van der Waals surface area contributed by atoms with Gasteiger partial charge in [0, 0.05) is 37.6 Å². The van der Waals surface area contributed by atoms with E-state index in [0.29, 0.717) is 18.9 Å². The summed E-state index contributed by atoms with van der Waals surface area (Å²) in [5.41, 5.74) is 2.16. The number of aromatic nitrogens is 6. The summed E-state index contributed by atoms with van der Waals surface area (Å²) in [7, 11) is 0. The maximum absolute atomic E-state index is 12.6. The van der Waals surface area contributed by atoms with Gasteiger partial charge < -0.3 is 9.84 Å². The molecule has 3 heterocycles. The molecule has 4 aromatic rings. The van der Waals surface area contributed by atoms with Crippen LogP contribution >= 0.6 is 0 Å². The summed E-state index contributed by atoms with van der Waals surface area (Å²) in [5, 5.41) is 12.1. The standard InChI is InChI=1S/C21H23N7O3/c1-14-4-5-16-11-24-28(18(16)10-14)8-3-7-23-19(29)6-9-27-13-22-12-17(21(27)30)20-25-15(2)26-31-20/h4-5,10-13H,3,6-9H2,1-2H3,(H,23,29). The number of aryl methyl sites for hydroxylation is 4. The van der Waals surface area contributed by atoms with Gasteiger partial charge in [0.2, 0.25) is 5.91 Å². The number of rotatable bonds is 8. The lowest BCUT2D eigenvalue weighted by atomic mass is 10.2. The fraction of sp³-hybridized carbons (Fsp3) is 0.333. The molecular weight excluding hydrogens is 398 g/mol. The van der Waals surface area contributed by atoms with Gasteiger partial charge in [-0.2, -0.15) is 10.1 Å². The second-order valence-corrected chi connectivity index (χ2v) is 7.34. The van der Waals surface area contributed by atoms with Gasteiger partial charge >= 0.3 is 0 Å². The zero-order chi connectivity index (χ0) is 21.8. The molecule has 1 N–H and O–H groups in total. The lowest BCUT2D eigenvalue weighted by molar-refractivity contribution is -0.121. The molecule has 0 saturated heterocycles. The second kappa shape index (κ2) is 8.90. The van der Waals surface area contributed by atoms with Crippen LogP contribution in [-0.4, -0.2) is 41.9 Å². The number of nitrogens with zero attached hydrogens (tertiary/aromatic N) is 6. The molecule has 0 saturated carbocycles. The number of carbonyl (C=O) groups is 1. The first-order valence-electron chi connectivity index (χ1n) is 10.1. The molecule has 31 heavy (non-hydrogen) atoms. The van der Waals surface area contributed by atoms with Crippen molar-refractivity contribution in [3.05, 3.63) is 58.7 Å². The Morgan fingerprint density at radius 1 is 1.19 bits per heavy atom. The summed E-state index contributed by atoms with van der Waals surface area (Å²) in [6.45, 7) is 5.17. The van der Waals surface area contributed by atoms with Crippen molar-refractivity contribution in [3.63, 3.8) is 0 Å². The Morgan fingerprint density at radius 2 is 2.06 bits per heavy atom. The number of amides is 1. The molecule has 0 aliphatic rings. The van der Waals surface area contributed by atoms with Crippen LogP contribution in [0.1, 0.15) is 24.2 Å². The molecule has 1 amide bonds. The van der Waals surface area contributed by atoms with Crippen LogP contribution < -0.4 is 10.9 Å². The van der Waals surface area contributed by atoms with E-state index in [9.17, 15) is 9.59 Å². The van der Waals surface area contributed by atoms with Crippen molar-refractivity contribution < 1.29 is 9.32 Å². The highest BCUT2D eigenvalue weighted by atomic mass is 16.5. The normalized spacial score (nSPS) is 11.2. The minimum Gasteiger partial charge on any atom is -0.356 e. The van der Waals surface area contributed by atoms with Crippen molar-refractivity contribution in [3.8, 4) is 11.5 Å². The first-order chi connectivity index (χ1) is 15.0. The van der Waals surface area contributed by atoms with Crippen molar-refractivity contribution in [2.75, 3.05) is 6.54 Å². The fourth-order valence-corrected chi connectivity index (χ4v) is 3.29. The highest BCUT2D eigenvalue weighted by Gasteiger charge is 2.13. The largest absolute Gasteiger partial charge is 0.356 e. The Balaban J connectivity index is 1.27. The van der Waals surface area contributed by atoms with E-state index >= 15 is 0 Å². The summed E-state index contributed by atoms with van der Waals surface area (Å²) in [6.07, 6.45) is 5.55. The Labute approximate surface area is 177 Å². The van der Waals surface area contributed by atoms with Gasteiger partial charge in [-0.25, -0.2) is 4.98 Å². The average molecular weight is 421 g/mol. The number of hydrogen-bond donors (Lipinski definition) is 1. The monoisotopic (exact) mass is 421 g/mol. The van der Waals surface area contributed by atoms with Crippen LogP contribution in [0.2, 0.25) is 0 Å². The van der Waals surface area contributed by atoms with Crippen LogP contribution in [0, 0.1) is 13.8 Å². The molecule has 0 fully saturated rings. The van der Waals surface area contributed by atoms with Gasteiger partial charge in [-0.3, -0.25) is 18.8 Å². The van der Waals surface area contributed by atoms with Crippen LogP contribution in [0.3, 0.4) is 0 Å². The Hall–Kier alpha value is -3.82. The molecule has 1 aromatic carbocycles. The molecule has 160 valence electrons. The summed E-state index contributed by atoms with van der Waals surface area (Å²) >= 11 is 0. The lowest BCUT2D eigenvalue weighted by Gasteiger charge is -2.08. The summed E-state index contributed by atoms with van der Waals surface area (Å²) in [6, 6.07) is 6.23. The van der Waals surface area contributed by atoms with Crippen LogP contribution in [-0.2, 0) is 17.9 Å². The van der Waals surface area contributed by atoms with Gasteiger partial charge in [-0.15, -0.1) is 0 Å². The fourth-order valence-electron chi connectivity index (χ4n) is 3.29. The van der Waals surface area contributed by atoms with E-state index in [2.05, 4.69) is 50.7 Å². The predicted octanol–water partition coefficient (Wildman–Crippen LogP) is 1.86. The average Bonchev–Trinajstić information content (AvgIpc) is 3.36. The van der Waals surface area contributed by atoms with E-state index in [1.165, 1.54) is 22.7 Å². The quantitative estimate of drug-likeness (QED) is 0.431. The number of fused-ring (bicyclic) bond motifs is 1. The van der Waals surface area contributed by atoms with Gasteiger partial charge in [0.15, 0.2) is 5.82 Å².